The minimum absolute atomic E-state index is 0.114. The average molecular weight is 257 g/mol. The number of fused-ring (bicyclic) bond motifs is 1. The summed E-state index contributed by atoms with van der Waals surface area (Å²) in [5.41, 5.74) is 2.37. The van der Waals surface area contributed by atoms with Crippen LogP contribution in [0.3, 0.4) is 0 Å². The summed E-state index contributed by atoms with van der Waals surface area (Å²) in [6.07, 6.45) is 4.23. The predicted octanol–water partition coefficient (Wildman–Crippen LogP) is 2.51. The molecule has 2 aromatic heterocycles. The molecule has 1 aliphatic rings. The molecule has 4 heteroatoms. The molecule has 0 aliphatic carbocycles. The number of carbonyl (C=O) groups excluding carboxylic acids is 1. The molecule has 0 aromatic carbocycles. The second-order valence-electron chi connectivity index (χ2n) is 5.47. The normalized spacial score (nSPS) is 19.9. The molecule has 3 heterocycles. The first-order valence-corrected chi connectivity index (χ1v) is 6.90. The fourth-order valence-corrected chi connectivity index (χ4v) is 2.89. The number of pyridine rings is 1. The zero-order valence-electron chi connectivity index (χ0n) is 11.5. The van der Waals surface area contributed by atoms with Crippen molar-refractivity contribution in [2.75, 3.05) is 13.1 Å². The molecule has 0 radical (unpaired) electrons. The summed E-state index contributed by atoms with van der Waals surface area (Å²) in [6, 6.07) is 5.81. The Morgan fingerprint density at radius 1 is 1.42 bits per heavy atom. The van der Waals surface area contributed by atoms with E-state index < -0.39 is 0 Å². The van der Waals surface area contributed by atoms with Gasteiger partial charge in [-0.3, -0.25) is 9.20 Å². The summed E-state index contributed by atoms with van der Waals surface area (Å²) >= 11 is 0. The third kappa shape index (κ3) is 2.11. The van der Waals surface area contributed by atoms with Crippen LogP contribution in [0.5, 0.6) is 0 Å². The van der Waals surface area contributed by atoms with E-state index in [1.54, 1.807) is 0 Å². The number of aryl methyl sites for hydroxylation is 1. The third-order valence-electron chi connectivity index (χ3n) is 3.85. The molecule has 3 rings (SSSR count). The van der Waals surface area contributed by atoms with E-state index in [0.717, 1.165) is 30.9 Å². The molecule has 2 aromatic rings. The smallest absolute Gasteiger partial charge is 0.272 e. The number of likely N-dealkylation sites (tertiary alicyclic amines) is 1. The van der Waals surface area contributed by atoms with Crippen LogP contribution in [0.15, 0.2) is 24.4 Å². The summed E-state index contributed by atoms with van der Waals surface area (Å²) in [4.78, 5) is 19.1. The lowest BCUT2D eigenvalue weighted by Gasteiger charge is -2.30. The highest BCUT2D eigenvalue weighted by atomic mass is 16.2. The van der Waals surface area contributed by atoms with Crippen LogP contribution >= 0.6 is 0 Å². The van der Waals surface area contributed by atoms with Gasteiger partial charge in [0.25, 0.3) is 5.91 Å². The van der Waals surface area contributed by atoms with Crippen molar-refractivity contribution in [2.45, 2.75) is 26.7 Å². The van der Waals surface area contributed by atoms with Crippen LogP contribution in [0.1, 0.15) is 35.9 Å². The number of imidazole rings is 1. The zero-order chi connectivity index (χ0) is 13.4. The number of hydrogen-bond donors (Lipinski definition) is 0. The van der Waals surface area contributed by atoms with Gasteiger partial charge in [-0.05, 0) is 37.8 Å². The van der Waals surface area contributed by atoms with Gasteiger partial charge in [-0.15, -0.1) is 0 Å². The molecule has 0 unspecified atom stereocenters. The lowest BCUT2D eigenvalue weighted by molar-refractivity contribution is 0.0675. The number of amides is 1. The topological polar surface area (TPSA) is 37.6 Å². The number of aromatic nitrogens is 2. The molecule has 1 amide bonds. The Hall–Kier alpha value is -1.84. The van der Waals surface area contributed by atoms with E-state index in [2.05, 4.69) is 11.9 Å². The van der Waals surface area contributed by atoms with Gasteiger partial charge in [0.2, 0.25) is 0 Å². The number of hydrogen-bond acceptors (Lipinski definition) is 2. The third-order valence-corrected chi connectivity index (χ3v) is 3.85. The highest BCUT2D eigenvalue weighted by molar-refractivity contribution is 5.94. The average Bonchev–Trinajstić information content (AvgIpc) is 2.74. The Labute approximate surface area is 113 Å². The predicted molar refractivity (Wildman–Crippen MR) is 74.2 cm³/mol. The molecule has 0 bridgehead atoms. The Kier molecular flexibility index (Phi) is 3.01. The van der Waals surface area contributed by atoms with Crippen molar-refractivity contribution in [3.05, 3.63) is 35.8 Å². The minimum Gasteiger partial charge on any atom is -0.337 e. The number of rotatable bonds is 1. The van der Waals surface area contributed by atoms with Crippen LogP contribution < -0.4 is 0 Å². The van der Waals surface area contributed by atoms with Gasteiger partial charge in [0.1, 0.15) is 11.3 Å². The summed E-state index contributed by atoms with van der Waals surface area (Å²) in [7, 11) is 0. The highest BCUT2D eigenvalue weighted by Crippen LogP contribution is 2.20. The second kappa shape index (κ2) is 4.68. The van der Waals surface area contributed by atoms with Gasteiger partial charge in [-0.25, -0.2) is 4.98 Å². The van der Waals surface area contributed by atoms with E-state index in [4.69, 9.17) is 0 Å². The first-order chi connectivity index (χ1) is 9.16. The van der Waals surface area contributed by atoms with E-state index in [1.807, 2.05) is 40.6 Å². The number of carbonyl (C=O) groups is 1. The van der Waals surface area contributed by atoms with Gasteiger partial charge >= 0.3 is 0 Å². The van der Waals surface area contributed by atoms with Crippen LogP contribution in [0.4, 0.5) is 0 Å². The van der Waals surface area contributed by atoms with Crippen LogP contribution in [-0.2, 0) is 0 Å². The van der Waals surface area contributed by atoms with Crippen molar-refractivity contribution in [2.24, 2.45) is 5.92 Å². The molecule has 1 atom stereocenters. The van der Waals surface area contributed by atoms with Crippen molar-refractivity contribution >= 4 is 11.6 Å². The highest BCUT2D eigenvalue weighted by Gasteiger charge is 2.25. The quantitative estimate of drug-likeness (QED) is 0.787. The molecule has 100 valence electrons. The van der Waals surface area contributed by atoms with E-state index in [0.29, 0.717) is 11.6 Å². The van der Waals surface area contributed by atoms with Gasteiger partial charge in [-0.1, -0.05) is 13.0 Å². The first-order valence-electron chi connectivity index (χ1n) is 6.90. The van der Waals surface area contributed by atoms with Crippen LogP contribution in [-0.4, -0.2) is 33.3 Å². The molecule has 1 saturated heterocycles. The van der Waals surface area contributed by atoms with Gasteiger partial charge < -0.3 is 4.90 Å². The Balaban J connectivity index is 1.99. The molecule has 1 aliphatic heterocycles. The minimum atomic E-state index is 0.114. The Morgan fingerprint density at radius 3 is 3.05 bits per heavy atom. The molecular weight excluding hydrogens is 238 g/mol. The van der Waals surface area contributed by atoms with E-state index in [9.17, 15) is 4.79 Å². The second-order valence-corrected chi connectivity index (χ2v) is 5.47. The standard InChI is InChI=1S/C15H19N3O/c1-11-6-5-8-17(10-11)15(19)14-12(2)16-13-7-3-4-9-18(13)14/h3-4,7,9,11H,5-6,8,10H2,1-2H3/t11-/m1/s1. The molecule has 0 saturated carbocycles. The maximum atomic E-state index is 12.7. The summed E-state index contributed by atoms with van der Waals surface area (Å²) in [6.45, 7) is 5.84. The molecule has 4 nitrogen and oxygen atoms in total. The van der Waals surface area contributed by atoms with Gasteiger partial charge in [0.15, 0.2) is 0 Å². The fraction of sp³-hybridized carbons (Fsp3) is 0.467. The number of piperidine rings is 1. The van der Waals surface area contributed by atoms with E-state index in [1.165, 1.54) is 6.42 Å². The van der Waals surface area contributed by atoms with Crippen LogP contribution in [0.25, 0.3) is 5.65 Å². The SMILES string of the molecule is Cc1nc2ccccn2c1C(=O)N1CCC[C@@H](C)C1. The Bertz CT molecular complexity index is 617. The molecule has 1 fully saturated rings. The number of nitrogens with zero attached hydrogens (tertiary/aromatic N) is 3. The fourth-order valence-electron chi connectivity index (χ4n) is 2.89. The van der Waals surface area contributed by atoms with E-state index >= 15 is 0 Å². The molecule has 19 heavy (non-hydrogen) atoms. The van der Waals surface area contributed by atoms with Crippen molar-refractivity contribution < 1.29 is 4.79 Å². The lowest BCUT2D eigenvalue weighted by Crippen LogP contribution is -2.39. The van der Waals surface area contributed by atoms with Gasteiger partial charge in [-0.2, -0.15) is 0 Å². The lowest BCUT2D eigenvalue weighted by atomic mass is 10.00. The monoisotopic (exact) mass is 257 g/mol. The molecule has 0 N–H and O–H groups in total. The maximum absolute atomic E-state index is 12.7. The zero-order valence-corrected chi connectivity index (χ0v) is 11.5. The summed E-state index contributed by atoms with van der Waals surface area (Å²) in [5, 5.41) is 0. The van der Waals surface area contributed by atoms with Crippen LogP contribution in [0, 0.1) is 12.8 Å². The van der Waals surface area contributed by atoms with Crippen molar-refractivity contribution in [3.8, 4) is 0 Å². The van der Waals surface area contributed by atoms with Crippen molar-refractivity contribution in [1.82, 2.24) is 14.3 Å². The maximum Gasteiger partial charge on any atom is 0.272 e. The van der Waals surface area contributed by atoms with Crippen molar-refractivity contribution in [3.63, 3.8) is 0 Å². The van der Waals surface area contributed by atoms with Crippen molar-refractivity contribution in [1.29, 1.82) is 0 Å². The van der Waals surface area contributed by atoms with E-state index in [-0.39, 0.29) is 5.91 Å². The first kappa shape index (κ1) is 12.2. The van der Waals surface area contributed by atoms with Gasteiger partial charge in [0, 0.05) is 19.3 Å². The molecule has 0 spiro atoms. The molecular formula is C15H19N3O. The Morgan fingerprint density at radius 2 is 2.26 bits per heavy atom. The summed E-state index contributed by atoms with van der Waals surface area (Å²) in [5.74, 6) is 0.708. The summed E-state index contributed by atoms with van der Waals surface area (Å²) < 4.78 is 1.90. The van der Waals surface area contributed by atoms with Crippen LogP contribution in [0.2, 0.25) is 0 Å². The largest absolute Gasteiger partial charge is 0.337 e. The van der Waals surface area contributed by atoms with Gasteiger partial charge in [0.05, 0.1) is 5.69 Å².